The maximum absolute atomic E-state index is 13.3. The fourth-order valence-corrected chi connectivity index (χ4v) is 4.08. The van der Waals surface area contributed by atoms with Gasteiger partial charge in [0.25, 0.3) is 0 Å². The van der Waals surface area contributed by atoms with Crippen molar-refractivity contribution >= 4 is 11.7 Å². The van der Waals surface area contributed by atoms with E-state index in [1.807, 2.05) is 66.4 Å². The summed E-state index contributed by atoms with van der Waals surface area (Å²) < 4.78 is 11.0. The molecule has 5 nitrogen and oxygen atoms in total. The van der Waals surface area contributed by atoms with E-state index in [0.717, 1.165) is 28.8 Å². The Morgan fingerprint density at radius 3 is 2.40 bits per heavy atom. The summed E-state index contributed by atoms with van der Waals surface area (Å²) in [4.78, 5) is 15.2. The minimum Gasteiger partial charge on any atom is -0.493 e. The maximum Gasteiger partial charge on any atom is 0.322 e. The highest BCUT2D eigenvalue weighted by atomic mass is 16.5. The number of hydrogen-bond donors (Lipinski definition) is 1. The highest BCUT2D eigenvalue weighted by Gasteiger charge is 2.33. The van der Waals surface area contributed by atoms with Crippen LogP contribution in [0.2, 0.25) is 0 Å². The number of urea groups is 1. The van der Waals surface area contributed by atoms with Gasteiger partial charge in [-0.05, 0) is 59.9 Å². The van der Waals surface area contributed by atoms with Gasteiger partial charge in [0.1, 0.15) is 0 Å². The Labute approximate surface area is 177 Å². The first-order chi connectivity index (χ1) is 14.6. The molecule has 5 heteroatoms. The Morgan fingerprint density at radius 2 is 1.70 bits per heavy atom. The summed E-state index contributed by atoms with van der Waals surface area (Å²) in [6.45, 7) is 2.62. The predicted molar refractivity (Wildman–Crippen MR) is 118 cm³/mol. The zero-order valence-corrected chi connectivity index (χ0v) is 17.5. The molecule has 30 heavy (non-hydrogen) atoms. The molecule has 2 amide bonds. The molecule has 1 atom stereocenters. The Kier molecular flexibility index (Phi) is 5.61. The van der Waals surface area contributed by atoms with Crippen LogP contribution >= 0.6 is 0 Å². The number of nitrogens with zero attached hydrogens (tertiary/aromatic N) is 1. The van der Waals surface area contributed by atoms with Gasteiger partial charge in [0, 0.05) is 12.2 Å². The number of ether oxygens (including phenoxy) is 2. The van der Waals surface area contributed by atoms with Crippen LogP contribution < -0.4 is 14.8 Å². The third kappa shape index (κ3) is 3.83. The van der Waals surface area contributed by atoms with Gasteiger partial charge >= 0.3 is 6.03 Å². The zero-order valence-electron chi connectivity index (χ0n) is 17.5. The SMILES string of the molecule is COc1cc2c(cc1OC)C(c1ccccc1)N(C(=O)Nc1cccc(C)c1)CC2. The lowest BCUT2D eigenvalue weighted by molar-refractivity contribution is 0.193. The van der Waals surface area contributed by atoms with Crippen molar-refractivity contribution in [2.45, 2.75) is 19.4 Å². The van der Waals surface area contributed by atoms with Crippen LogP contribution in [-0.2, 0) is 6.42 Å². The standard InChI is InChI=1S/C25H26N2O3/c1-17-8-7-11-20(14-17)26-25(28)27-13-12-19-15-22(29-2)23(30-3)16-21(19)24(27)18-9-5-4-6-10-18/h4-11,14-16,24H,12-13H2,1-3H3,(H,26,28). The average Bonchev–Trinajstić information content (AvgIpc) is 2.77. The van der Waals surface area contributed by atoms with Crippen molar-refractivity contribution in [1.82, 2.24) is 4.90 Å². The number of fused-ring (bicyclic) bond motifs is 1. The third-order valence-corrected chi connectivity index (χ3v) is 5.52. The summed E-state index contributed by atoms with van der Waals surface area (Å²) in [5.41, 5.74) is 5.19. The first kappa shape index (κ1) is 19.8. The molecule has 0 radical (unpaired) electrons. The molecule has 3 aromatic rings. The van der Waals surface area contributed by atoms with E-state index >= 15 is 0 Å². The second kappa shape index (κ2) is 8.49. The molecule has 4 rings (SSSR count). The van der Waals surface area contributed by atoms with Crippen molar-refractivity contribution in [3.63, 3.8) is 0 Å². The fraction of sp³-hybridized carbons (Fsp3) is 0.240. The number of carbonyl (C=O) groups is 1. The van der Waals surface area contributed by atoms with Crippen molar-refractivity contribution in [2.24, 2.45) is 0 Å². The van der Waals surface area contributed by atoms with Gasteiger partial charge < -0.3 is 19.7 Å². The molecule has 0 aliphatic carbocycles. The molecule has 0 spiro atoms. The molecule has 3 aromatic carbocycles. The molecule has 1 aliphatic rings. The lowest BCUT2D eigenvalue weighted by atomic mass is 9.88. The summed E-state index contributed by atoms with van der Waals surface area (Å²) in [5, 5.41) is 3.07. The summed E-state index contributed by atoms with van der Waals surface area (Å²) >= 11 is 0. The van der Waals surface area contributed by atoms with E-state index < -0.39 is 0 Å². The van der Waals surface area contributed by atoms with Gasteiger partial charge in [0.05, 0.1) is 20.3 Å². The number of rotatable bonds is 4. The summed E-state index contributed by atoms with van der Waals surface area (Å²) in [6, 6.07) is 21.7. The van der Waals surface area contributed by atoms with Gasteiger partial charge in [0.2, 0.25) is 0 Å². The molecule has 154 valence electrons. The molecule has 1 N–H and O–H groups in total. The summed E-state index contributed by atoms with van der Waals surface area (Å²) in [6.07, 6.45) is 0.750. The van der Waals surface area contributed by atoms with E-state index in [0.29, 0.717) is 18.0 Å². The Bertz CT molecular complexity index is 1050. The van der Waals surface area contributed by atoms with E-state index in [2.05, 4.69) is 17.4 Å². The quantitative estimate of drug-likeness (QED) is 0.653. The van der Waals surface area contributed by atoms with Crippen molar-refractivity contribution in [3.05, 3.63) is 89.0 Å². The third-order valence-electron chi connectivity index (χ3n) is 5.52. The van der Waals surface area contributed by atoms with Crippen LogP contribution in [-0.4, -0.2) is 31.7 Å². The van der Waals surface area contributed by atoms with Gasteiger partial charge in [-0.25, -0.2) is 4.79 Å². The zero-order chi connectivity index (χ0) is 21.1. The molecule has 0 fully saturated rings. The molecule has 1 aliphatic heterocycles. The van der Waals surface area contributed by atoms with E-state index in [-0.39, 0.29) is 12.1 Å². The highest BCUT2D eigenvalue weighted by molar-refractivity contribution is 5.90. The topological polar surface area (TPSA) is 50.8 Å². The smallest absolute Gasteiger partial charge is 0.322 e. The van der Waals surface area contributed by atoms with Crippen LogP contribution in [0.25, 0.3) is 0 Å². The molecule has 0 saturated heterocycles. The number of hydrogen-bond acceptors (Lipinski definition) is 3. The molecule has 0 saturated carbocycles. The van der Waals surface area contributed by atoms with Gasteiger partial charge in [-0.2, -0.15) is 0 Å². The number of anilines is 1. The number of methoxy groups -OCH3 is 2. The number of benzene rings is 3. The average molecular weight is 402 g/mol. The Hall–Kier alpha value is -3.47. The maximum atomic E-state index is 13.3. The first-order valence-electron chi connectivity index (χ1n) is 10.0. The largest absolute Gasteiger partial charge is 0.493 e. The van der Waals surface area contributed by atoms with Crippen LogP contribution in [0.3, 0.4) is 0 Å². The predicted octanol–water partition coefficient (Wildman–Crippen LogP) is 5.19. The van der Waals surface area contributed by atoms with E-state index in [4.69, 9.17) is 9.47 Å². The fourth-order valence-electron chi connectivity index (χ4n) is 4.08. The van der Waals surface area contributed by atoms with E-state index in [1.54, 1.807) is 14.2 Å². The normalized spacial score (nSPS) is 15.3. The van der Waals surface area contributed by atoms with Gasteiger partial charge in [-0.15, -0.1) is 0 Å². The number of aryl methyl sites for hydroxylation is 1. The molecule has 0 bridgehead atoms. The first-order valence-corrected chi connectivity index (χ1v) is 10.0. The van der Waals surface area contributed by atoms with Gasteiger partial charge in [0.15, 0.2) is 11.5 Å². The van der Waals surface area contributed by atoms with Crippen LogP contribution in [0, 0.1) is 6.92 Å². The monoisotopic (exact) mass is 402 g/mol. The van der Waals surface area contributed by atoms with Crippen molar-refractivity contribution in [2.75, 3.05) is 26.1 Å². The van der Waals surface area contributed by atoms with Crippen molar-refractivity contribution in [3.8, 4) is 11.5 Å². The van der Waals surface area contributed by atoms with Crippen molar-refractivity contribution < 1.29 is 14.3 Å². The minimum absolute atomic E-state index is 0.116. The van der Waals surface area contributed by atoms with E-state index in [9.17, 15) is 4.79 Å². The number of amides is 2. The van der Waals surface area contributed by atoms with Crippen molar-refractivity contribution in [1.29, 1.82) is 0 Å². The van der Waals surface area contributed by atoms with E-state index in [1.165, 1.54) is 5.56 Å². The Balaban J connectivity index is 1.75. The van der Waals surface area contributed by atoms with Crippen LogP contribution in [0.15, 0.2) is 66.7 Å². The van der Waals surface area contributed by atoms with Crippen LogP contribution in [0.4, 0.5) is 10.5 Å². The van der Waals surface area contributed by atoms with Gasteiger partial charge in [-0.3, -0.25) is 0 Å². The minimum atomic E-state index is -0.209. The van der Waals surface area contributed by atoms with Crippen LogP contribution in [0.5, 0.6) is 11.5 Å². The second-order valence-corrected chi connectivity index (χ2v) is 7.46. The molecular weight excluding hydrogens is 376 g/mol. The molecular formula is C25H26N2O3. The summed E-state index contributed by atoms with van der Waals surface area (Å²) in [5.74, 6) is 1.37. The lowest BCUT2D eigenvalue weighted by Gasteiger charge is -2.38. The number of carbonyl (C=O) groups excluding carboxylic acids is 1. The molecule has 1 heterocycles. The highest BCUT2D eigenvalue weighted by Crippen LogP contribution is 2.41. The molecule has 0 aromatic heterocycles. The second-order valence-electron chi connectivity index (χ2n) is 7.46. The Morgan fingerprint density at radius 1 is 0.967 bits per heavy atom. The van der Waals surface area contributed by atoms with Crippen LogP contribution in [0.1, 0.15) is 28.3 Å². The lowest BCUT2D eigenvalue weighted by Crippen LogP contribution is -2.43. The summed E-state index contributed by atoms with van der Waals surface area (Å²) in [7, 11) is 3.27. The van der Waals surface area contributed by atoms with Gasteiger partial charge in [-0.1, -0.05) is 42.5 Å². The number of nitrogens with one attached hydrogen (secondary N) is 1. The molecule has 1 unspecified atom stereocenters.